The second-order valence-electron chi connectivity index (χ2n) is 4.59. The smallest absolute Gasteiger partial charge is 0.262 e. The van der Waals surface area contributed by atoms with Gasteiger partial charge in [0, 0.05) is 18.0 Å². The number of benzene rings is 2. The van der Waals surface area contributed by atoms with Crippen molar-refractivity contribution in [2.75, 3.05) is 18.2 Å². The van der Waals surface area contributed by atoms with Gasteiger partial charge in [0.2, 0.25) is 0 Å². The van der Waals surface area contributed by atoms with Crippen LogP contribution in [-0.2, 0) is 14.6 Å². The molecule has 1 N–H and O–H groups in total. The second-order valence-corrected chi connectivity index (χ2v) is 6.61. The fraction of sp³-hybridized carbons (Fsp3) is 0.133. The molecule has 0 atom stereocenters. The van der Waals surface area contributed by atoms with Crippen LogP contribution < -0.4 is 10.1 Å². The van der Waals surface area contributed by atoms with Crippen LogP contribution in [0.4, 0.5) is 10.1 Å². The molecule has 0 aliphatic rings. The molecule has 7 heteroatoms. The number of carbonyl (C=O) groups is 1. The lowest BCUT2D eigenvalue weighted by Gasteiger charge is -2.08. The predicted octanol–water partition coefficient (Wildman–Crippen LogP) is 2.25. The van der Waals surface area contributed by atoms with Gasteiger partial charge in [0.1, 0.15) is 11.6 Å². The summed E-state index contributed by atoms with van der Waals surface area (Å²) in [5, 5.41) is 2.52. The van der Waals surface area contributed by atoms with Gasteiger partial charge in [0.25, 0.3) is 5.91 Å². The van der Waals surface area contributed by atoms with Crippen molar-refractivity contribution in [2.24, 2.45) is 0 Å². The van der Waals surface area contributed by atoms with Gasteiger partial charge in [0.15, 0.2) is 16.4 Å². The second kappa shape index (κ2) is 6.57. The SMILES string of the molecule is CS(=O)(=O)c1cccc(NC(=O)COc2cccc(F)c2)c1. The first-order valence-corrected chi connectivity index (χ1v) is 8.22. The largest absolute Gasteiger partial charge is 0.484 e. The Morgan fingerprint density at radius 3 is 2.59 bits per heavy atom. The quantitative estimate of drug-likeness (QED) is 0.916. The molecule has 5 nitrogen and oxygen atoms in total. The molecule has 0 saturated heterocycles. The number of anilines is 1. The van der Waals surface area contributed by atoms with Crippen LogP contribution in [0.15, 0.2) is 53.4 Å². The zero-order valence-electron chi connectivity index (χ0n) is 11.7. The number of hydrogen-bond acceptors (Lipinski definition) is 4. The molecule has 0 aromatic heterocycles. The van der Waals surface area contributed by atoms with Gasteiger partial charge in [-0.3, -0.25) is 4.79 Å². The third-order valence-electron chi connectivity index (χ3n) is 2.71. The van der Waals surface area contributed by atoms with Crippen LogP contribution in [0.25, 0.3) is 0 Å². The van der Waals surface area contributed by atoms with Crippen LogP contribution in [0.2, 0.25) is 0 Å². The third kappa shape index (κ3) is 4.56. The normalized spacial score (nSPS) is 11.0. The summed E-state index contributed by atoms with van der Waals surface area (Å²) in [5.41, 5.74) is 0.343. The van der Waals surface area contributed by atoms with Crippen molar-refractivity contribution in [3.05, 3.63) is 54.3 Å². The van der Waals surface area contributed by atoms with E-state index < -0.39 is 21.6 Å². The maximum absolute atomic E-state index is 13.0. The number of amides is 1. The highest BCUT2D eigenvalue weighted by atomic mass is 32.2. The first kappa shape index (κ1) is 16.0. The molecule has 1 amide bonds. The molecular formula is C15H14FNO4S. The fourth-order valence-corrected chi connectivity index (χ4v) is 2.37. The Morgan fingerprint density at radius 2 is 1.91 bits per heavy atom. The van der Waals surface area contributed by atoms with E-state index >= 15 is 0 Å². The molecule has 0 spiro atoms. The van der Waals surface area contributed by atoms with Gasteiger partial charge < -0.3 is 10.1 Å². The van der Waals surface area contributed by atoms with Gasteiger partial charge in [-0.2, -0.15) is 0 Å². The minimum absolute atomic E-state index is 0.108. The molecule has 2 aromatic carbocycles. The molecule has 22 heavy (non-hydrogen) atoms. The number of carbonyl (C=O) groups excluding carboxylic acids is 1. The van der Waals surface area contributed by atoms with Crippen LogP contribution in [0.5, 0.6) is 5.75 Å². The van der Waals surface area contributed by atoms with Crippen molar-refractivity contribution < 1.29 is 22.3 Å². The average Bonchev–Trinajstić information content (AvgIpc) is 2.45. The van der Waals surface area contributed by atoms with Gasteiger partial charge >= 0.3 is 0 Å². The molecule has 0 aliphatic carbocycles. The molecule has 0 heterocycles. The zero-order chi connectivity index (χ0) is 16.2. The van der Waals surface area contributed by atoms with Gasteiger partial charge in [-0.05, 0) is 30.3 Å². The van der Waals surface area contributed by atoms with Gasteiger partial charge in [0.05, 0.1) is 4.90 Å². The number of sulfone groups is 1. The first-order valence-electron chi connectivity index (χ1n) is 6.33. The van der Waals surface area contributed by atoms with Crippen molar-refractivity contribution in [3.8, 4) is 5.75 Å². The Kier molecular flexibility index (Phi) is 4.77. The highest BCUT2D eigenvalue weighted by molar-refractivity contribution is 7.90. The van der Waals surface area contributed by atoms with Crippen LogP contribution in [0.3, 0.4) is 0 Å². The van der Waals surface area contributed by atoms with E-state index in [0.29, 0.717) is 5.69 Å². The minimum Gasteiger partial charge on any atom is -0.484 e. The van der Waals surface area contributed by atoms with Crippen LogP contribution >= 0.6 is 0 Å². The van der Waals surface area contributed by atoms with Crippen molar-refractivity contribution in [3.63, 3.8) is 0 Å². The summed E-state index contributed by atoms with van der Waals surface area (Å²) in [6.07, 6.45) is 1.08. The summed E-state index contributed by atoms with van der Waals surface area (Å²) in [6.45, 7) is -0.313. The third-order valence-corrected chi connectivity index (χ3v) is 3.82. The highest BCUT2D eigenvalue weighted by Crippen LogP contribution is 2.16. The summed E-state index contributed by atoms with van der Waals surface area (Å²) in [7, 11) is -3.35. The van der Waals surface area contributed by atoms with Crippen LogP contribution in [0.1, 0.15) is 0 Å². The van der Waals surface area contributed by atoms with Gasteiger partial charge in [-0.1, -0.05) is 12.1 Å². The van der Waals surface area contributed by atoms with E-state index in [9.17, 15) is 17.6 Å². The molecule has 0 fully saturated rings. The molecule has 2 aromatic rings. The molecule has 0 bridgehead atoms. The topological polar surface area (TPSA) is 72.5 Å². The summed E-state index contributed by atoms with van der Waals surface area (Å²) < 4.78 is 41.0. The Morgan fingerprint density at radius 1 is 1.18 bits per heavy atom. The van der Waals surface area contributed by atoms with Crippen molar-refractivity contribution >= 4 is 21.4 Å². The summed E-state index contributed by atoms with van der Waals surface area (Å²) in [5.74, 6) is -0.700. The van der Waals surface area contributed by atoms with Gasteiger partial charge in [-0.15, -0.1) is 0 Å². The average molecular weight is 323 g/mol. The van der Waals surface area contributed by atoms with Crippen molar-refractivity contribution in [1.82, 2.24) is 0 Å². The van der Waals surface area contributed by atoms with Crippen LogP contribution in [-0.4, -0.2) is 27.2 Å². The minimum atomic E-state index is -3.35. The predicted molar refractivity (Wildman–Crippen MR) is 80.1 cm³/mol. The van der Waals surface area contributed by atoms with E-state index in [1.54, 1.807) is 6.07 Å². The first-order chi connectivity index (χ1) is 10.3. The lowest BCUT2D eigenvalue weighted by Crippen LogP contribution is -2.20. The lowest BCUT2D eigenvalue weighted by molar-refractivity contribution is -0.118. The standard InChI is InChI=1S/C15H14FNO4S/c1-22(19,20)14-7-3-5-12(9-14)17-15(18)10-21-13-6-2-4-11(16)8-13/h2-9H,10H2,1H3,(H,17,18). The maximum Gasteiger partial charge on any atom is 0.262 e. The van der Waals surface area contributed by atoms with E-state index in [4.69, 9.17) is 4.74 Å². The Balaban J connectivity index is 1.98. The van der Waals surface area contributed by atoms with Crippen molar-refractivity contribution in [2.45, 2.75) is 4.90 Å². The maximum atomic E-state index is 13.0. The number of hydrogen-bond donors (Lipinski definition) is 1. The summed E-state index contributed by atoms with van der Waals surface area (Å²) in [4.78, 5) is 11.9. The van der Waals surface area contributed by atoms with E-state index in [-0.39, 0.29) is 17.3 Å². The van der Waals surface area contributed by atoms with Crippen molar-refractivity contribution in [1.29, 1.82) is 0 Å². The number of ether oxygens (including phenoxy) is 1. The molecule has 0 radical (unpaired) electrons. The molecular weight excluding hydrogens is 309 g/mol. The molecule has 116 valence electrons. The molecule has 0 saturated carbocycles. The number of nitrogens with one attached hydrogen (secondary N) is 1. The molecule has 2 rings (SSSR count). The van der Waals surface area contributed by atoms with E-state index in [1.807, 2.05) is 0 Å². The summed E-state index contributed by atoms with van der Waals surface area (Å²) >= 11 is 0. The number of rotatable bonds is 5. The van der Waals surface area contributed by atoms with E-state index in [0.717, 1.165) is 12.3 Å². The Bertz CT molecular complexity index is 790. The highest BCUT2D eigenvalue weighted by Gasteiger charge is 2.09. The number of halogens is 1. The lowest BCUT2D eigenvalue weighted by atomic mass is 10.3. The fourth-order valence-electron chi connectivity index (χ4n) is 1.71. The summed E-state index contributed by atoms with van der Waals surface area (Å²) in [6, 6.07) is 11.3. The van der Waals surface area contributed by atoms with E-state index in [1.165, 1.54) is 36.4 Å². The van der Waals surface area contributed by atoms with E-state index in [2.05, 4.69) is 5.32 Å². The molecule has 0 aliphatic heterocycles. The van der Waals surface area contributed by atoms with Gasteiger partial charge in [-0.25, -0.2) is 12.8 Å². The van der Waals surface area contributed by atoms with Crippen LogP contribution in [0, 0.1) is 5.82 Å². The zero-order valence-corrected chi connectivity index (χ0v) is 12.6. The molecule has 0 unspecified atom stereocenters. The Labute approximate surface area is 127 Å². The Hall–Kier alpha value is -2.41. The monoisotopic (exact) mass is 323 g/mol.